The normalized spacial score (nSPS) is 31.8. The summed E-state index contributed by atoms with van der Waals surface area (Å²) in [5.41, 5.74) is 2.42. The maximum atomic E-state index is 15.2. The second-order valence-electron chi connectivity index (χ2n) is 10.7. The van der Waals surface area contributed by atoms with Crippen molar-refractivity contribution >= 4 is 17.3 Å². The van der Waals surface area contributed by atoms with Gasteiger partial charge in [0.1, 0.15) is 29.0 Å². The average Bonchev–Trinajstić information content (AvgIpc) is 2.90. The summed E-state index contributed by atoms with van der Waals surface area (Å²) in [4.78, 5) is 39.6. The van der Waals surface area contributed by atoms with Gasteiger partial charge in [-0.3, -0.25) is 14.4 Å². The predicted octanol–water partition coefficient (Wildman–Crippen LogP) is 1.64. The molecule has 0 amide bonds. The predicted molar refractivity (Wildman–Crippen MR) is 134 cm³/mol. The van der Waals surface area contributed by atoms with Crippen LogP contribution >= 0.6 is 0 Å². The molecule has 3 aliphatic carbocycles. The van der Waals surface area contributed by atoms with E-state index in [1.807, 2.05) is 0 Å². The molecule has 1 saturated carbocycles. The molecule has 5 rings (SSSR count). The van der Waals surface area contributed by atoms with E-state index in [-0.39, 0.29) is 40.3 Å². The van der Waals surface area contributed by atoms with E-state index in [0.717, 1.165) is 6.92 Å². The van der Waals surface area contributed by atoms with Crippen molar-refractivity contribution in [2.75, 3.05) is 7.11 Å². The van der Waals surface area contributed by atoms with Crippen molar-refractivity contribution in [1.82, 2.24) is 0 Å². The van der Waals surface area contributed by atoms with Gasteiger partial charge in [-0.05, 0) is 25.3 Å². The third-order valence-corrected chi connectivity index (χ3v) is 8.41. The SMILES string of the molecule is COc1cccc2c1C(=O)c1c(O)c3c(c(O)c1C2=O)CC(O)(C(C)=O)CC3OC1CC(C)C(N)C(O)C1F. The van der Waals surface area contributed by atoms with E-state index in [2.05, 4.69) is 0 Å². The number of Topliss-reactive ketones (excluding diaryl/α,β-unsaturated/α-hetero) is 1. The highest BCUT2D eigenvalue weighted by Gasteiger charge is 2.50. The number of nitrogens with two attached hydrogens (primary N) is 1. The number of benzene rings is 2. The van der Waals surface area contributed by atoms with Gasteiger partial charge in [0.25, 0.3) is 0 Å². The molecule has 0 heterocycles. The minimum atomic E-state index is -2.08. The molecular formula is C28H30FNO9. The highest BCUT2D eigenvalue weighted by molar-refractivity contribution is 6.31. The number of hydrogen-bond donors (Lipinski definition) is 5. The Hall–Kier alpha value is -3.38. The number of aromatic hydroxyl groups is 2. The van der Waals surface area contributed by atoms with Gasteiger partial charge in [0.05, 0.1) is 36.0 Å². The fourth-order valence-electron chi connectivity index (χ4n) is 6.07. The number of methoxy groups -OCH3 is 1. The summed E-state index contributed by atoms with van der Waals surface area (Å²) in [6.07, 6.45) is -6.89. The molecule has 10 nitrogen and oxygen atoms in total. The van der Waals surface area contributed by atoms with Gasteiger partial charge in [-0.1, -0.05) is 19.1 Å². The summed E-state index contributed by atoms with van der Waals surface area (Å²) in [6, 6.07) is 3.53. The molecule has 6 N–H and O–H groups in total. The summed E-state index contributed by atoms with van der Waals surface area (Å²) in [6.45, 7) is 2.85. The van der Waals surface area contributed by atoms with Crippen molar-refractivity contribution in [3.63, 3.8) is 0 Å². The molecule has 7 atom stereocenters. The number of aliphatic hydroxyl groups is 2. The van der Waals surface area contributed by atoms with Gasteiger partial charge in [0.2, 0.25) is 5.78 Å². The number of aliphatic hydroxyl groups excluding tert-OH is 1. The summed E-state index contributed by atoms with van der Waals surface area (Å²) in [5.74, 6) is -3.84. The summed E-state index contributed by atoms with van der Waals surface area (Å²) in [7, 11) is 1.32. The number of alkyl halides is 1. The fraction of sp³-hybridized carbons (Fsp3) is 0.464. The standard InChI is InChI=1S/C28H30FNO9/c1-10-7-15(21(29)27(36)22(10)30)39-16-9-28(37,11(2)31)8-13-18(16)26(35)20-19(24(13)33)23(32)12-5-4-6-14(38-3)17(12)25(20)34/h4-6,10,15-16,21-22,27,33,35-37H,7-9,30H2,1-3H3. The van der Waals surface area contributed by atoms with Crippen LogP contribution in [0.1, 0.15) is 75.8 Å². The first-order valence-electron chi connectivity index (χ1n) is 12.7. The molecule has 1 fully saturated rings. The molecule has 2 aromatic carbocycles. The number of ether oxygens (including phenoxy) is 2. The Kier molecular flexibility index (Phi) is 6.53. The number of carbonyl (C=O) groups is 3. The number of rotatable bonds is 4. The van der Waals surface area contributed by atoms with Crippen molar-refractivity contribution < 1.29 is 48.7 Å². The molecule has 0 aromatic heterocycles. The van der Waals surface area contributed by atoms with Crippen LogP contribution in [0.25, 0.3) is 0 Å². The minimum absolute atomic E-state index is 0.0475. The fourth-order valence-corrected chi connectivity index (χ4v) is 6.07. The van der Waals surface area contributed by atoms with Gasteiger partial charge < -0.3 is 35.6 Å². The van der Waals surface area contributed by atoms with E-state index in [0.29, 0.717) is 0 Å². The molecule has 0 bridgehead atoms. The molecule has 0 aliphatic heterocycles. The monoisotopic (exact) mass is 543 g/mol. The Balaban J connectivity index is 1.70. The Morgan fingerprint density at radius 1 is 1.13 bits per heavy atom. The molecule has 0 saturated heterocycles. The van der Waals surface area contributed by atoms with Crippen molar-refractivity contribution in [2.45, 2.75) is 69.2 Å². The number of hydrogen-bond acceptors (Lipinski definition) is 10. The van der Waals surface area contributed by atoms with Crippen molar-refractivity contribution in [3.8, 4) is 17.2 Å². The highest BCUT2D eigenvalue weighted by Crippen LogP contribution is 2.52. The van der Waals surface area contributed by atoms with E-state index in [1.165, 1.54) is 25.3 Å². The lowest BCUT2D eigenvalue weighted by Gasteiger charge is -2.43. The third kappa shape index (κ3) is 3.95. The summed E-state index contributed by atoms with van der Waals surface area (Å²) >= 11 is 0. The van der Waals surface area contributed by atoms with Crippen LogP contribution in [0, 0.1) is 5.92 Å². The van der Waals surface area contributed by atoms with Gasteiger partial charge in [-0.25, -0.2) is 4.39 Å². The lowest BCUT2D eigenvalue weighted by Crippen LogP contribution is -2.56. The number of phenols is 2. The maximum absolute atomic E-state index is 15.2. The van der Waals surface area contributed by atoms with E-state index in [4.69, 9.17) is 15.2 Å². The van der Waals surface area contributed by atoms with Crippen LogP contribution < -0.4 is 10.5 Å². The zero-order valence-electron chi connectivity index (χ0n) is 21.6. The van der Waals surface area contributed by atoms with Crippen LogP contribution in [0.2, 0.25) is 0 Å². The van der Waals surface area contributed by atoms with E-state index < -0.39 is 88.9 Å². The second kappa shape index (κ2) is 9.37. The molecule has 2 aromatic rings. The Labute approximate surface area is 223 Å². The lowest BCUT2D eigenvalue weighted by atomic mass is 9.71. The van der Waals surface area contributed by atoms with Gasteiger partial charge >= 0.3 is 0 Å². The molecule has 208 valence electrons. The molecule has 3 aliphatic rings. The molecular weight excluding hydrogens is 513 g/mol. The Bertz CT molecular complexity index is 1410. The molecule has 0 radical (unpaired) electrons. The van der Waals surface area contributed by atoms with Crippen LogP contribution in [-0.2, 0) is 16.0 Å². The maximum Gasteiger partial charge on any atom is 0.202 e. The number of halogens is 1. The van der Waals surface area contributed by atoms with E-state index in [1.54, 1.807) is 6.92 Å². The Morgan fingerprint density at radius 2 is 1.79 bits per heavy atom. The van der Waals surface area contributed by atoms with Crippen molar-refractivity contribution in [2.24, 2.45) is 11.7 Å². The lowest BCUT2D eigenvalue weighted by molar-refractivity contribution is -0.157. The highest BCUT2D eigenvalue weighted by atomic mass is 19.1. The zero-order valence-corrected chi connectivity index (χ0v) is 21.6. The Morgan fingerprint density at radius 3 is 2.44 bits per heavy atom. The molecule has 7 unspecified atom stereocenters. The van der Waals surface area contributed by atoms with Crippen LogP contribution in [0.5, 0.6) is 17.2 Å². The minimum Gasteiger partial charge on any atom is -0.507 e. The van der Waals surface area contributed by atoms with Gasteiger partial charge in [-0.2, -0.15) is 0 Å². The smallest absolute Gasteiger partial charge is 0.202 e. The van der Waals surface area contributed by atoms with E-state index in [9.17, 15) is 34.8 Å². The third-order valence-electron chi connectivity index (χ3n) is 8.41. The van der Waals surface area contributed by atoms with Crippen LogP contribution in [0.3, 0.4) is 0 Å². The van der Waals surface area contributed by atoms with Gasteiger partial charge in [0.15, 0.2) is 17.7 Å². The molecule has 39 heavy (non-hydrogen) atoms. The van der Waals surface area contributed by atoms with Gasteiger partial charge in [0, 0.05) is 35.6 Å². The summed E-state index contributed by atoms with van der Waals surface area (Å²) < 4.78 is 26.4. The van der Waals surface area contributed by atoms with E-state index >= 15 is 4.39 Å². The average molecular weight is 544 g/mol. The number of ketones is 3. The van der Waals surface area contributed by atoms with Crippen LogP contribution in [0.15, 0.2) is 18.2 Å². The topological polar surface area (TPSA) is 177 Å². The van der Waals surface area contributed by atoms with Gasteiger partial charge in [-0.15, -0.1) is 0 Å². The number of phenolic OH excluding ortho intramolecular Hbond substituents is 2. The first-order valence-corrected chi connectivity index (χ1v) is 12.7. The number of carbonyl (C=O) groups excluding carboxylic acids is 3. The second-order valence-corrected chi connectivity index (χ2v) is 10.7. The molecule has 11 heteroatoms. The zero-order chi connectivity index (χ0) is 28.5. The molecule has 0 spiro atoms. The first-order chi connectivity index (χ1) is 18.3. The van der Waals surface area contributed by atoms with Crippen LogP contribution in [0.4, 0.5) is 4.39 Å². The van der Waals surface area contributed by atoms with Crippen molar-refractivity contribution in [1.29, 1.82) is 0 Å². The largest absolute Gasteiger partial charge is 0.507 e. The van der Waals surface area contributed by atoms with Crippen LogP contribution in [-0.4, -0.2) is 74.9 Å². The first kappa shape index (κ1) is 27.2. The number of fused-ring (bicyclic) bond motifs is 3. The quantitative estimate of drug-likeness (QED) is 0.304. The van der Waals surface area contributed by atoms with Crippen molar-refractivity contribution in [3.05, 3.63) is 51.6 Å². The summed E-state index contributed by atoms with van der Waals surface area (Å²) in [5, 5.41) is 44.3.